The molecule has 1 aromatic heterocycles. The fourth-order valence-corrected chi connectivity index (χ4v) is 4.51. The Morgan fingerprint density at radius 3 is 2.56 bits per heavy atom. The number of hydrogen-bond donors (Lipinski definition) is 1. The zero-order chi connectivity index (χ0) is 19.6. The van der Waals surface area contributed by atoms with E-state index in [-0.39, 0.29) is 15.6 Å². The Morgan fingerprint density at radius 2 is 1.89 bits per heavy atom. The molecule has 1 N–H and O–H groups in total. The lowest BCUT2D eigenvalue weighted by molar-refractivity contribution is -0.116. The zero-order valence-electron chi connectivity index (χ0n) is 14.2. The largest absolute Gasteiger partial charge is 0.324 e. The lowest BCUT2D eigenvalue weighted by atomic mass is 10.3. The van der Waals surface area contributed by atoms with E-state index in [9.17, 15) is 22.4 Å². The SMILES string of the molecule is O=C(Cn1cc(S(=O)(=O)N2CCCC2)ccc1=O)Nc1ccc(F)c(Cl)c1. The normalized spacial score (nSPS) is 15.0. The number of carbonyl (C=O) groups is 1. The van der Waals surface area contributed by atoms with Gasteiger partial charge in [0.15, 0.2) is 0 Å². The van der Waals surface area contributed by atoms with Crippen LogP contribution in [0.4, 0.5) is 10.1 Å². The van der Waals surface area contributed by atoms with Crippen molar-refractivity contribution in [2.75, 3.05) is 18.4 Å². The van der Waals surface area contributed by atoms with Crippen molar-refractivity contribution in [2.45, 2.75) is 24.3 Å². The van der Waals surface area contributed by atoms with E-state index in [0.29, 0.717) is 13.1 Å². The van der Waals surface area contributed by atoms with Gasteiger partial charge >= 0.3 is 0 Å². The summed E-state index contributed by atoms with van der Waals surface area (Å²) in [5, 5.41) is 2.34. The van der Waals surface area contributed by atoms with Crippen LogP contribution >= 0.6 is 11.6 Å². The lowest BCUT2D eigenvalue weighted by Crippen LogP contribution is -2.31. The van der Waals surface area contributed by atoms with Gasteiger partial charge in [-0.05, 0) is 37.1 Å². The predicted molar refractivity (Wildman–Crippen MR) is 98.7 cm³/mol. The molecule has 1 saturated heterocycles. The maximum absolute atomic E-state index is 13.2. The highest BCUT2D eigenvalue weighted by atomic mass is 35.5. The number of aromatic nitrogens is 1. The van der Waals surface area contributed by atoms with Crippen LogP contribution in [0.5, 0.6) is 0 Å². The summed E-state index contributed by atoms with van der Waals surface area (Å²) in [4.78, 5) is 24.2. The van der Waals surface area contributed by atoms with Crippen LogP contribution in [0.25, 0.3) is 0 Å². The third-order valence-corrected chi connectivity index (χ3v) is 6.35. The summed E-state index contributed by atoms with van der Waals surface area (Å²) in [5.41, 5.74) is -0.247. The molecule has 27 heavy (non-hydrogen) atoms. The van der Waals surface area contributed by atoms with Crippen molar-refractivity contribution in [1.29, 1.82) is 0 Å². The molecule has 1 aromatic carbocycles. The van der Waals surface area contributed by atoms with Crippen LogP contribution < -0.4 is 10.9 Å². The standard InChI is InChI=1S/C17H17ClFN3O4S/c18-14-9-12(3-5-15(14)19)20-16(23)11-21-10-13(4-6-17(21)24)27(25,26)22-7-1-2-8-22/h3-6,9-10H,1-2,7-8,11H2,(H,20,23). The number of rotatable bonds is 5. The number of nitrogens with one attached hydrogen (secondary N) is 1. The molecular formula is C17H17ClFN3O4S. The number of benzene rings is 1. The van der Waals surface area contributed by atoms with Gasteiger partial charge in [-0.1, -0.05) is 11.6 Å². The van der Waals surface area contributed by atoms with Crippen molar-refractivity contribution in [3.63, 3.8) is 0 Å². The molecule has 1 amide bonds. The van der Waals surface area contributed by atoms with Gasteiger partial charge in [-0.25, -0.2) is 12.8 Å². The van der Waals surface area contributed by atoms with Crippen molar-refractivity contribution in [1.82, 2.24) is 8.87 Å². The van der Waals surface area contributed by atoms with Crippen molar-refractivity contribution in [2.24, 2.45) is 0 Å². The second kappa shape index (κ2) is 7.79. The Bertz CT molecular complexity index is 1030. The summed E-state index contributed by atoms with van der Waals surface area (Å²) in [7, 11) is -3.70. The Balaban J connectivity index is 1.79. The molecule has 0 unspecified atom stereocenters. The van der Waals surface area contributed by atoms with Gasteiger partial charge in [0.2, 0.25) is 15.9 Å². The Hall–Kier alpha value is -2.23. The van der Waals surface area contributed by atoms with Crippen molar-refractivity contribution < 1.29 is 17.6 Å². The topological polar surface area (TPSA) is 88.5 Å². The summed E-state index contributed by atoms with van der Waals surface area (Å²) in [5.74, 6) is -1.19. The van der Waals surface area contributed by atoms with E-state index >= 15 is 0 Å². The average molecular weight is 414 g/mol. The number of sulfonamides is 1. The van der Waals surface area contributed by atoms with Crippen molar-refractivity contribution in [3.05, 3.63) is 57.7 Å². The monoisotopic (exact) mass is 413 g/mol. The van der Waals surface area contributed by atoms with Crippen LogP contribution in [-0.4, -0.2) is 36.3 Å². The molecule has 0 spiro atoms. The van der Waals surface area contributed by atoms with E-state index in [1.54, 1.807) is 0 Å². The zero-order valence-corrected chi connectivity index (χ0v) is 15.8. The second-order valence-corrected chi connectivity index (χ2v) is 8.46. The molecule has 0 aliphatic carbocycles. The number of hydrogen-bond acceptors (Lipinski definition) is 4. The number of amides is 1. The van der Waals surface area contributed by atoms with E-state index in [1.165, 1.54) is 22.5 Å². The smallest absolute Gasteiger partial charge is 0.251 e. The van der Waals surface area contributed by atoms with Gasteiger partial charge in [-0.15, -0.1) is 0 Å². The quantitative estimate of drug-likeness (QED) is 0.812. The minimum absolute atomic E-state index is 0.0402. The van der Waals surface area contributed by atoms with Crippen LogP contribution in [-0.2, 0) is 21.4 Å². The number of carbonyl (C=O) groups excluding carboxylic acids is 1. The van der Waals surface area contributed by atoms with Crippen LogP contribution in [0.15, 0.2) is 46.2 Å². The highest BCUT2D eigenvalue weighted by Crippen LogP contribution is 2.20. The van der Waals surface area contributed by atoms with Crippen molar-refractivity contribution >= 4 is 33.2 Å². The summed E-state index contributed by atoms with van der Waals surface area (Å²) in [6.07, 6.45) is 2.75. The molecule has 10 heteroatoms. The molecular weight excluding hydrogens is 397 g/mol. The minimum atomic E-state index is -3.70. The molecule has 0 atom stereocenters. The van der Waals surface area contributed by atoms with Crippen molar-refractivity contribution in [3.8, 4) is 0 Å². The van der Waals surface area contributed by atoms with Gasteiger partial charge in [0.25, 0.3) is 5.56 Å². The van der Waals surface area contributed by atoms with Gasteiger partial charge < -0.3 is 9.88 Å². The maximum Gasteiger partial charge on any atom is 0.251 e. The van der Waals surface area contributed by atoms with Gasteiger partial charge in [0, 0.05) is 31.0 Å². The predicted octanol–water partition coefficient (Wildman–Crippen LogP) is 2.06. The number of anilines is 1. The van der Waals surface area contributed by atoms with Gasteiger partial charge in [-0.2, -0.15) is 4.31 Å². The molecule has 1 aliphatic heterocycles. The molecule has 0 radical (unpaired) electrons. The Kier molecular flexibility index (Phi) is 5.64. The molecule has 2 aromatic rings. The molecule has 3 rings (SSSR count). The summed E-state index contributed by atoms with van der Waals surface area (Å²) < 4.78 is 40.8. The number of halogens is 2. The summed E-state index contributed by atoms with van der Waals surface area (Å²) in [6.45, 7) is 0.484. The van der Waals surface area contributed by atoms with E-state index in [4.69, 9.17) is 11.6 Å². The highest BCUT2D eigenvalue weighted by Gasteiger charge is 2.27. The van der Waals surface area contributed by atoms with Gasteiger partial charge in [-0.3, -0.25) is 9.59 Å². The number of nitrogens with zero attached hydrogens (tertiary/aromatic N) is 2. The molecule has 144 valence electrons. The third-order valence-electron chi connectivity index (χ3n) is 4.18. The van der Waals surface area contributed by atoms with Crippen LogP contribution in [0.1, 0.15) is 12.8 Å². The molecule has 0 bridgehead atoms. The minimum Gasteiger partial charge on any atom is -0.324 e. The van der Waals surface area contributed by atoms with E-state index in [0.717, 1.165) is 35.7 Å². The molecule has 0 saturated carbocycles. The first kappa shape index (κ1) is 19.5. The Labute approximate surface area is 160 Å². The fourth-order valence-electron chi connectivity index (χ4n) is 2.79. The van der Waals surface area contributed by atoms with Crippen LogP contribution in [0.3, 0.4) is 0 Å². The summed E-state index contributed by atoms with van der Waals surface area (Å²) in [6, 6.07) is 6.03. The number of pyridine rings is 1. The highest BCUT2D eigenvalue weighted by molar-refractivity contribution is 7.89. The van der Waals surface area contributed by atoms with Crippen LogP contribution in [0.2, 0.25) is 5.02 Å². The van der Waals surface area contributed by atoms with E-state index in [1.807, 2.05) is 0 Å². The maximum atomic E-state index is 13.2. The van der Waals surface area contributed by atoms with Gasteiger partial charge in [0.05, 0.1) is 9.92 Å². The first-order chi connectivity index (χ1) is 12.8. The third kappa shape index (κ3) is 4.37. The van der Waals surface area contributed by atoms with Crippen LogP contribution in [0, 0.1) is 5.82 Å². The van der Waals surface area contributed by atoms with E-state index < -0.39 is 33.9 Å². The fraction of sp³-hybridized carbons (Fsp3) is 0.294. The second-order valence-electron chi connectivity index (χ2n) is 6.12. The molecule has 1 fully saturated rings. The average Bonchev–Trinajstić information content (AvgIpc) is 3.15. The first-order valence-corrected chi connectivity index (χ1v) is 10.0. The first-order valence-electron chi connectivity index (χ1n) is 8.23. The molecule has 1 aliphatic rings. The molecule has 7 nitrogen and oxygen atoms in total. The molecule has 2 heterocycles. The Morgan fingerprint density at radius 1 is 1.19 bits per heavy atom. The summed E-state index contributed by atoms with van der Waals surface area (Å²) >= 11 is 5.66. The lowest BCUT2D eigenvalue weighted by Gasteiger charge is -2.16. The van der Waals surface area contributed by atoms with Gasteiger partial charge in [0.1, 0.15) is 12.4 Å². The van der Waals surface area contributed by atoms with E-state index in [2.05, 4.69) is 5.32 Å².